The molecule has 1 aromatic rings. The van der Waals surface area contributed by atoms with E-state index >= 15 is 0 Å². The second kappa shape index (κ2) is 6.12. The van der Waals surface area contributed by atoms with Crippen LogP contribution in [0.4, 0.5) is 4.79 Å². The van der Waals surface area contributed by atoms with Gasteiger partial charge in [-0.2, -0.15) is 0 Å². The minimum Gasteiger partial charge on any atom is -0.410 e. The number of aliphatic hydroxyl groups is 1. The van der Waals surface area contributed by atoms with Gasteiger partial charge in [0.25, 0.3) is 0 Å². The van der Waals surface area contributed by atoms with Crippen molar-refractivity contribution in [1.29, 1.82) is 0 Å². The second-order valence-electron chi connectivity index (χ2n) is 3.50. The van der Waals surface area contributed by atoms with Gasteiger partial charge >= 0.3 is 6.09 Å². The number of carbonyl (C=O) groups is 1. The minimum atomic E-state index is -0.372. The molecule has 4 heteroatoms. The van der Waals surface area contributed by atoms with Crippen LogP contribution in [0.5, 0.6) is 5.75 Å². The lowest BCUT2D eigenvalue weighted by atomic mass is 10.1. The fraction of sp³-hybridized carbons (Fsp3) is 0.417. The second-order valence-corrected chi connectivity index (χ2v) is 3.50. The van der Waals surface area contributed by atoms with Gasteiger partial charge in [-0.3, -0.25) is 0 Å². The largest absolute Gasteiger partial charge is 0.414 e. The van der Waals surface area contributed by atoms with E-state index in [1.165, 1.54) is 4.90 Å². The van der Waals surface area contributed by atoms with E-state index in [1.807, 2.05) is 13.0 Å². The number of aliphatic hydroxyl groups excluding tert-OH is 1. The van der Waals surface area contributed by atoms with Gasteiger partial charge < -0.3 is 14.7 Å². The Kier molecular flexibility index (Phi) is 4.79. The topological polar surface area (TPSA) is 49.8 Å². The van der Waals surface area contributed by atoms with Crippen LogP contribution in [0.25, 0.3) is 0 Å². The molecule has 1 aromatic carbocycles. The molecule has 0 heterocycles. The van der Waals surface area contributed by atoms with Crippen LogP contribution in [0.1, 0.15) is 12.5 Å². The van der Waals surface area contributed by atoms with Crippen molar-refractivity contribution in [3.8, 4) is 5.75 Å². The molecular formula is C12H17NO3. The van der Waals surface area contributed by atoms with Crippen LogP contribution in [0, 0.1) is 0 Å². The van der Waals surface area contributed by atoms with Crippen LogP contribution < -0.4 is 4.74 Å². The Morgan fingerprint density at radius 3 is 2.88 bits per heavy atom. The van der Waals surface area contributed by atoms with Crippen LogP contribution in [-0.4, -0.2) is 36.3 Å². The van der Waals surface area contributed by atoms with Crippen LogP contribution >= 0.6 is 0 Å². The summed E-state index contributed by atoms with van der Waals surface area (Å²) in [4.78, 5) is 13.0. The van der Waals surface area contributed by atoms with Crippen LogP contribution in [0.15, 0.2) is 24.3 Å². The van der Waals surface area contributed by atoms with Gasteiger partial charge in [-0.1, -0.05) is 12.1 Å². The van der Waals surface area contributed by atoms with E-state index < -0.39 is 0 Å². The van der Waals surface area contributed by atoms with Crippen LogP contribution in [0.2, 0.25) is 0 Å². The molecule has 0 fully saturated rings. The molecule has 0 aliphatic heterocycles. The van der Waals surface area contributed by atoms with Crippen molar-refractivity contribution in [2.75, 3.05) is 20.2 Å². The Hall–Kier alpha value is -1.55. The zero-order valence-corrected chi connectivity index (χ0v) is 9.64. The van der Waals surface area contributed by atoms with Gasteiger partial charge in [-0.15, -0.1) is 0 Å². The lowest BCUT2D eigenvalue weighted by molar-refractivity contribution is 0.165. The molecule has 4 nitrogen and oxygen atoms in total. The lowest BCUT2D eigenvalue weighted by Gasteiger charge is -2.14. The smallest absolute Gasteiger partial charge is 0.410 e. The summed E-state index contributed by atoms with van der Waals surface area (Å²) in [5.41, 5.74) is 0.951. The normalized spacial score (nSPS) is 9.94. The quantitative estimate of drug-likeness (QED) is 0.844. The zero-order valence-electron chi connectivity index (χ0n) is 9.64. The Labute approximate surface area is 95.5 Å². The summed E-state index contributed by atoms with van der Waals surface area (Å²) < 4.78 is 5.16. The molecule has 0 atom stereocenters. The Balaban J connectivity index is 2.66. The van der Waals surface area contributed by atoms with E-state index in [9.17, 15) is 4.79 Å². The van der Waals surface area contributed by atoms with E-state index in [0.29, 0.717) is 18.7 Å². The van der Waals surface area contributed by atoms with Crippen LogP contribution in [0.3, 0.4) is 0 Å². The fourth-order valence-corrected chi connectivity index (χ4v) is 1.20. The summed E-state index contributed by atoms with van der Waals surface area (Å²) in [6.45, 7) is 2.57. The fourth-order valence-electron chi connectivity index (χ4n) is 1.20. The van der Waals surface area contributed by atoms with Crippen molar-refractivity contribution in [3.63, 3.8) is 0 Å². The van der Waals surface area contributed by atoms with Crippen molar-refractivity contribution >= 4 is 6.09 Å². The average Bonchev–Trinajstić information content (AvgIpc) is 2.29. The first-order valence-electron chi connectivity index (χ1n) is 5.30. The predicted molar refractivity (Wildman–Crippen MR) is 61.6 cm³/mol. The molecular weight excluding hydrogens is 206 g/mol. The molecule has 0 spiro atoms. The third kappa shape index (κ3) is 3.55. The third-order valence-electron chi connectivity index (χ3n) is 2.29. The highest BCUT2D eigenvalue weighted by Gasteiger charge is 2.08. The molecule has 0 saturated carbocycles. The first kappa shape index (κ1) is 12.5. The van der Waals surface area contributed by atoms with E-state index in [1.54, 1.807) is 25.2 Å². The maximum atomic E-state index is 11.5. The van der Waals surface area contributed by atoms with Gasteiger partial charge in [0.2, 0.25) is 0 Å². The highest BCUT2D eigenvalue weighted by atomic mass is 16.6. The summed E-state index contributed by atoms with van der Waals surface area (Å²) in [7, 11) is 1.68. The minimum absolute atomic E-state index is 0.0895. The first-order valence-corrected chi connectivity index (χ1v) is 5.30. The molecule has 1 amide bonds. The first-order chi connectivity index (χ1) is 7.67. The molecule has 0 unspecified atom stereocenters. The standard InChI is InChI=1S/C12H17NO3/c1-3-13(2)12(15)16-11-6-4-5-10(9-11)7-8-14/h4-6,9,14H,3,7-8H2,1-2H3. The number of rotatable bonds is 4. The van der Waals surface area contributed by atoms with E-state index in [4.69, 9.17) is 9.84 Å². The number of hydrogen-bond acceptors (Lipinski definition) is 3. The molecule has 0 aliphatic rings. The summed E-state index contributed by atoms with van der Waals surface area (Å²) in [5, 5.41) is 8.80. The Bertz CT molecular complexity index is 352. The van der Waals surface area contributed by atoms with Crippen molar-refractivity contribution < 1.29 is 14.6 Å². The van der Waals surface area contributed by atoms with Crippen LogP contribution in [-0.2, 0) is 6.42 Å². The molecule has 1 rings (SSSR count). The Morgan fingerprint density at radius 2 is 2.25 bits per heavy atom. The highest BCUT2D eigenvalue weighted by molar-refractivity contribution is 5.70. The molecule has 0 aromatic heterocycles. The average molecular weight is 223 g/mol. The van der Waals surface area contributed by atoms with Gasteiger partial charge in [0.1, 0.15) is 5.75 Å². The van der Waals surface area contributed by atoms with Gasteiger partial charge in [0.15, 0.2) is 0 Å². The van der Waals surface area contributed by atoms with E-state index in [2.05, 4.69) is 0 Å². The van der Waals surface area contributed by atoms with E-state index in [0.717, 1.165) is 5.56 Å². The molecule has 88 valence electrons. The number of ether oxygens (including phenoxy) is 1. The summed E-state index contributed by atoms with van der Waals surface area (Å²) in [5.74, 6) is 0.510. The predicted octanol–water partition coefficient (Wildman–Crippen LogP) is 1.67. The van der Waals surface area contributed by atoms with Crippen molar-refractivity contribution in [1.82, 2.24) is 4.90 Å². The van der Waals surface area contributed by atoms with Gasteiger partial charge in [-0.05, 0) is 31.0 Å². The SMILES string of the molecule is CCN(C)C(=O)Oc1cccc(CCO)c1. The monoisotopic (exact) mass is 223 g/mol. The summed E-state index contributed by atoms with van der Waals surface area (Å²) >= 11 is 0. The Morgan fingerprint density at radius 1 is 1.50 bits per heavy atom. The number of amides is 1. The lowest BCUT2D eigenvalue weighted by Crippen LogP contribution is -2.29. The summed E-state index contributed by atoms with van der Waals surface area (Å²) in [6.07, 6.45) is 0.193. The highest BCUT2D eigenvalue weighted by Crippen LogP contribution is 2.14. The summed E-state index contributed by atoms with van der Waals surface area (Å²) in [6, 6.07) is 7.18. The molecule has 0 radical (unpaired) electrons. The maximum absolute atomic E-state index is 11.5. The van der Waals surface area contributed by atoms with Gasteiger partial charge in [0.05, 0.1) is 0 Å². The maximum Gasteiger partial charge on any atom is 0.414 e. The third-order valence-corrected chi connectivity index (χ3v) is 2.29. The number of carbonyl (C=O) groups excluding carboxylic acids is 1. The number of hydrogen-bond donors (Lipinski definition) is 1. The van der Waals surface area contributed by atoms with Crippen molar-refractivity contribution in [3.05, 3.63) is 29.8 Å². The van der Waals surface area contributed by atoms with Gasteiger partial charge in [0, 0.05) is 20.2 Å². The van der Waals surface area contributed by atoms with Crippen molar-refractivity contribution in [2.24, 2.45) is 0 Å². The molecule has 0 bridgehead atoms. The number of nitrogens with zero attached hydrogens (tertiary/aromatic N) is 1. The molecule has 1 N–H and O–H groups in total. The molecule has 0 aliphatic carbocycles. The molecule has 0 saturated heterocycles. The van der Waals surface area contributed by atoms with E-state index in [-0.39, 0.29) is 12.7 Å². The van der Waals surface area contributed by atoms with Gasteiger partial charge in [-0.25, -0.2) is 4.79 Å². The zero-order chi connectivity index (χ0) is 12.0. The molecule has 16 heavy (non-hydrogen) atoms. The van der Waals surface area contributed by atoms with Crippen molar-refractivity contribution in [2.45, 2.75) is 13.3 Å². The number of benzene rings is 1.